The minimum atomic E-state index is -1.64. The third kappa shape index (κ3) is 17.1. The number of hydrogen-bond acceptors (Lipinski definition) is 9. The quantitative estimate of drug-likeness (QED) is 0.0206. The summed E-state index contributed by atoms with van der Waals surface area (Å²) in [5, 5.41) is 12.0. The Kier molecular flexibility index (Phi) is 19.9. The zero-order chi connectivity index (χ0) is 35.2. The van der Waals surface area contributed by atoms with Gasteiger partial charge in [0.1, 0.15) is 18.8 Å². The van der Waals surface area contributed by atoms with Gasteiger partial charge in [-0.25, -0.2) is 0 Å². The topological polar surface area (TPSA) is 142 Å². The highest BCUT2D eigenvalue weighted by molar-refractivity contribution is 5.98. The number of carbonyl (C=O) groups is 4. The van der Waals surface area contributed by atoms with E-state index in [1.54, 1.807) is 25.7 Å². The van der Waals surface area contributed by atoms with Crippen LogP contribution in [0.3, 0.4) is 0 Å². The average molecular weight is 661 g/mol. The van der Waals surface area contributed by atoms with Gasteiger partial charge < -0.3 is 19.1 Å². The van der Waals surface area contributed by atoms with Crippen LogP contribution in [0.25, 0.3) is 0 Å². The van der Waals surface area contributed by atoms with E-state index < -0.39 is 47.4 Å². The van der Waals surface area contributed by atoms with Gasteiger partial charge in [0, 0.05) is 24.7 Å². The number of ether oxygens (including phenoxy) is 3. The smallest absolute Gasteiger partial charge is 0.321 e. The zero-order valence-corrected chi connectivity index (χ0v) is 29.2. The lowest BCUT2D eigenvalue weighted by atomic mass is 10.0. The number of rotatable bonds is 24. The molecule has 1 rings (SSSR count). The summed E-state index contributed by atoms with van der Waals surface area (Å²) < 4.78 is 15.5. The van der Waals surface area contributed by atoms with E-state index in [0.29, 0.717) is 13.1 Å². The van der Waals surface area contributed by atoms with Crippen LogP contribution >= 0.6 is 0 Å². The summed E-state index contributed by atoms with van der Waals surface area (Å²) >= 11 is 0. The first kappa shape index (κ1) is 41.3. The summed E-state index contributed by atoms with van der Waals surface area (Å²) in [6.45, 7) is 13.1. The summed E-state index contributed by atoms with van der Waals surface area (Å²) in [4.78, 5) is 64.7. The maximum atomic E-state index is 13.6. The maximum Gasteiger partial charge on any atom is 0.321 e. The van der Waals surface area contributed by atoms with Crippen molar-refractivity contribution in [3.63, 3.8) is 0 Å². The third-order valence-corrected chi connectivity index (χ3v) is 7.46. The van der Waals surface area contributed by atoms with Crippen molar-refractivity contribution in [2.24, 2.45) is 5.92 Å². The fraction of sp³-hybridized carbons (Fsp3) is 0.667. The number of nitro groups is 1. The van der Waals surface area contributed by atoms with E-state index in [0.717, 1.165) is 64.2 Å². The molecule has 0 aliphatic carbocycles. The molecule has 11 nitrogen and oxygen atoms in total. The van der Waals surface area contributed by atoms with E-state index >= 15 is 0 Å². The Balaban J connectivity index is 3.09. The molecule has 0 bridgehead atoms. The lowest BCUT2D eigenvalue weighted by Gasteiger charge is -2.23. The van der Waals surface area contributed by atoms with Gasteiger partial charge in [0.2, 0.25) is 0 Å². The SMILES string of the molecule is C=CCOC(=O)CC(C(=O)OCc1ccc(C(=O)N(CCCCCCCC)CCCCCCCC)cc1[N+](=O)[O-])C(=O)OC(C)(C)C. The molecule has 1 amide bonds. The van der Waals surface area contributed by atoms with Crippen molar-refractivity contribution in [3.8, 4) is 0 Å². The molecule has 0 aliphatic rings. The Morgan fingerprint density at radius 2 is 1.43 bits per heavy atom. The second-order valence-electron chi connectivity index (χ2n) is 12.8. The van der Waals surface area contributed by atoms with Gasteiger partial charge >= 0.3 is 17.9 Å². The molecular weight excluding hydrogens is 604 g/mol. The van der Waals surface area contributed by atoms with Crippen LogP contribution in [-0.2, 0) is 35.2 Å². The Morgan fingerprint density at radius 1 is 0.872 bits per heavy atom. The van der Waals surface area contributed by atoms with Gasteiger partial charge in [-0.1, -0.05) is 90.7 Å². The first-order chi connectivity index (χ1) is 22.3. The number of carbonyl (C=O) groups excluding carboxylic acids is 4. The minimum Gasteiger partial charge on any atom is -0.461 e. The Hall–Kier alpha value is -3.76. The highest BCUT2D eigenvalue weighted by Gasteiger charge is 2.35. The van der Waals surface area contributed by atoms with Crippen molar-refractivity contribution < 1.29 is 38.3 Å². The molecule has 0 fully saturated rings. The van der Waals surface area contributed by atoms with Gasteiger partial charge in [0.25, 0.3) is 11.6 Å². The summed E-state index contributed by atoms with van der Waals surface area (Å²) in [7, 11) is 0. The number of nitro benzene ring substituents is 1. The molecule has 0 aliphatic heterocycles. The summed E-state index contributed by atoms with van der Waals surface area (Å²) in [6, 6.07) is 4.08. The van der Waals surface area contributed by atoms with Crippen LogP contribution in [0.15, 0.2) is 30.9 Å². The minimum absolute atomic E-state index is 0.0375. The first-order valence-electron chi connectivity index (χ1n) is 17.1. The van der Waals surface area contributed by atoms with Crippen molar-refractivity contribution in [1.29, 1.82) is 0 Å². The summed E-state index contributed by atoms with van der Waals surface area (Å²) in [5.74, 6) is -4.82. The van der Waals surface area contributed by atoms with Crippen LogP contribution in [0.2, 0.25) is 0 Å². The molecule has 0 saturated heterocycles. The van der Waals surface area contributed by atoms with Gasteiger partial charge in [-0.05, 0) is 45.7 Å². The summed E-state index contributed by atoms with van der Waals surface area (Å²) in [5.41, 5.74) is -1.11. The van der Waals surface area contributed by atoms with Gasteiger partial charge in [-0.2, -0.15) is 0 Å². The van der Waals surface area contributed by atoms with Crippen LogP contribution in [0.5, 0.6) is 0 Å². The van der Waals surface area contributed by atoms with Crippen LogP contribution in [-0.4, -0.2) is 58.9 Å². The number of hydrogen-bond donors (Lipinski definition) is 0. The van der Waals surface area contributed by atoms with E-state index in [2.05, 4.69) is 20.4 Å². The van der Waals surface area contributed by atoms with Gasteiger partial charge in [-0.3, -0.25) is 29.3 Å². The molecule has 0 saturated carbocycles. The molecular formula is C36H56N2O9. The van der Waals surface area contributed by atoms with Crippen molar-refractivity contribution in [2.75, 3.05) is 19.7 Å². The largest absolute Gasteiger partial charge is 0.461 e. The molecule has 0 aromatic heterocycles. The molecule has 1 aromatic carbocycles. The predicted octanol–water partition coefficient (Wildman–Crippen LogP) is 7.88. The van der Waals surface area contributed by atoms with Gasteiger partial charge in [-0.15, -0.1) is 0 Å². The Bertz CT molecular complexity index is 1140. The van der Waals surface area contributed by atoms with Crippen molar-refractivity contribution in [2.45, 2.75) is 130 Å². The molecule has 11 heteroatoms. The molecule has 0 heterocycles. The molecule has 47 heavy (non-hydrogen) atoms. The fourth-order valence-electron chi connectivity index (χ4n) is 4.92. The number of nitrogens with zero attached hydrogens (tertiary/aromatic N) is 2. The molecule has 0 spiro atoms. The van der Waals surface area contributed by atoms with Crippen molar-refractivity contribution in [1.82, 2.24) is 4.90 Å². The Morgan fingerprint density at radius 3 is 1.94 bits per heavy atom. The zero-order valence-electron chi connectivity index (χ0n) is 29.2. The monoisotopic (exact) mass is 660 g/mol. The summed E-state index contributed by atoms with van der Waals surface area (Å²) in [6.07, 6.45) is 13.7. The van der Waals surface area contributed by atoms with Gasteiger partial charge in [0.15, 0.2) is 5.92 Å². The van der Waals surface area contributed by atoms with E-state index in [9.17, 15) is 29.3 Å². The second kappa shape index (κ2) is 22.7. The average Bonchev–Trinajstić information content (AvgIpc) is 3.02. The lowest BCUT2D eigenvalue weighted by Crippen LogP contribution is -2.35. The predicted molar refractivity (Wildman–Crippen MR) is 181 cm³/mol. The maximum absolute atomic E-state index is 13.6. The molecule has 264 valence electrons. The highest BCUT2D eigenvalue weighted by Crippen LogP contribution is 2.24. The van der Waals surface area contributed by atoms with E-state index in [-0.39, 0.29) is 29.3 Å². The van der Waals surface area contributed by atoms with Crippen molar-refractivity contribution >= 4 is 29.5 Å². The number of esters is 3. The standard InChI is InChI=1S/C36H56N2O9/c1-7-10-12-14-16-18-22-37(23-19-17-15-13-11-8-2)33(40)28-20-21-29(31(25-28)38(43)44)27-46-34(41)30(26-32(39)45-24-9-3)35(42)47-36(4,5)6/h9,20-21,25,30H,3,7-8,10-19,22-24,26-27H2,1-2,4-6H3. The normalized spacial score (nSPS) is 11.8. The molecule has 1 aromatic rings. The molecule has 0 N–H and O–H groups in total. The molecule has 0 radical (unpaired) electrons. The third-order valence-electron chi connectivity index (χ3n) is 7.46. The number of amides is 1. The van der Waals surface area contributed by atoms with E-state index in [1.807, 2.05) is 0 Å². The van der Waals surface area contributed by atoms with Gasteiger partial charge in [0.05, 0.1) is 16.9 Å². The van der Waals surface area contributed by atoms with E-state index in [4.69, 9.17) is 14.2 Å². The van der Waals surface area contributed by atoms with Crippen LogP contribution in [0.4, 0.5) is 5.69 Å². The lowest BCUT2D eigenvalue weighted by molar-refractivity contribution is -0.385. The first-order valence-corrected chi connectivity index (χ1v) is 17.1. The molecule has 1 atom stereocenters. The van der Waals surface area contributed by atoms with Crippen LogP contribution in [0.1, 0.15) is 134 Å². The molecule has 1 unspecified atom stereocenters. The van der Waals surface area contributed by atoms with E-state index in [1.165, 1.54) is 37.1 Å². The number of benzene rings is 1. The number of unbranched alkanes of at least 4 members (excludes halogenated alkanes) is 10. The highest BCUT2D eigenvalue weighted by atomic mass is 16.6. The van der Waals surface area contributed by atoms with Crippen molar-refractivity contribution in [3.05, 3.63) is 52.1 Å². The second-order valence-corrected chi connectivity index (χ2v) is 12.8. The Labute approximate surface area is 280 Å². The fourth-order valence-corrected chi connectivity index (χ4v) is 4.92. The van der Waals surface area contributed by atoms with Crippen LogP contribution in [0, 0.1) is 16.0 Å². The van der Waals surface area contributed by atoms with Crippen LogP contribution < -0.4 is 0 Å².